The van der Waals surface area contributed by atoms with E-state index in [0.29, 0.717) is 12.2 Å². The number of aryl methyl sites for hydroxylation is 1. The Hall–Kier alpha value is -2.60. The fourth-order valence-corrected chi connectivity index (χ4v) is 3.29. The first-order valence-corrected chi connectivity index (χ1v) is 8.19. The lowest BCUT2D eigenvalue weighted by Crippen LogP contribution is -2.42. The predicted octanol–water partition coefficient (Wildman–Crippen LogP) is 2.55. The van der Waals surface area contributed by atoms with E-state index in [4.69, 9.17) is 4.74 Å². The van der Waals surface area contributed by atoms with E-state index in [1.54, 1.807) is 10.9 Å². The van der Waals surface area contributed by atoms with Crippen molar-refractivity contribution in [1.29, 1.82) is 0 Å². The van der Waals surface area contributed by atoms with Crippen molar-refractivity contribution in [2.24, 2.45) is 7.05 Å². The number of ether oxygens (including phenoxy) is 1. The maximum Gasteiger partial charge on any atom is 0.251 e. The van der Waals surface area contributed by atoms with Crippen LogP contribution in [0.1, 0.15) is 34.9 Å². The first kappa shape index (κ1) is 15.0. The molecule has 0 saturated carbocycles. The van der Waals surface area contributed by atoms with E-state index in [-0.39, 0.29) is 18.1 Å². The lowest BCUT2D eigenvalue weighted by atomic mass is 9.97. The normalized spacial score (nSPS) is 21.0. The summed E-state index contributed by atoms with van der Waals surface area (Å²) in [4.78, 5) is 15.8. The summed E-state index contributed by atoms with van der Waals surface area (Å²) in [5.41, 5.74) is 2.70. The first-order valence-electron chi connectivity index (χ1n) is 8.19. The molecule has 2 atom stereocenters. The van der Waals surface area contributed by atoms with Gasteiger partial charge in [-0.3, -0.25) is 9.48 Å². The molecule has 2 aromatic heterocycles. The van der Waals surface area contributed by atoms with Crippen molar-refractivity contribution in [3.63, 3.8) is 0 Å². The lowest BCUT2D eigenvalue weighted by molar-refractivity contribution is -0.00949. The molecule has 0 unspecified atom stereocenters. The van der Waals surface area contributed by atoms with Gasteiger partial charge >= 0.3 is 0 Å². The number of rotatable bonds is 3. The van der Waals surface area contributed by atoms with Crippen molar-refractivity contribution in [3.05, 3.63) is 54.0 Å². The van der Waals surface area contributed by atoms with Crippen LogP contribution in [-0.4, -0.2) is 33.3 Å². The summed E-state index contributed by atoms with van der Waals surface area (Å²) >= 11 is 0. The summed E-state index contributed by atoms with van der Waals surface area (Å²) < 4.78 is 7.67. The van der Waals surface area contributed by atoms with Gasteiger partial charge < -0.3 is 15.0 Å². The van der Waals surface area contributed by atoms with Gasteiger partial charge in [0.25, 0.3) is 5.91 Å². The van der Waals surface area contributed by atoms with Crippen LogP contribution in [0.3, 0.4) is 0 Å². The molecule has 3 aromatic rings. The number of nitrogens with one attached hydrogen (secondary N) is 2. The summed E-state index contributed by atoms with van der Waals surface area (Å²) in [6, 6.07) is 7.60. The second-order valence-electron chi connectivity index (χ2n) is 6.24. The molecule has 3 heterocycles. The van der Waals surface area contributed by atoms with Crippen molar-refractivity contribution < 1.29 is 9.53 Å². The van der Waals surface area contributed by atoms with Gasteiger partial charge in [0.15, 0.2) is 0 Å². The molecule has 0 aliphatic carbocycles. The number of fused-ring (bicyclic) bond motifs is 1. The molecule has 1 aromatic carbocycles. The number of aromatic nitrogens is 3. The van der Waals surface area contributed by atoms with Gasteiger partial charge in [0, 0.05) is 48.1 Å². The van der Waals surface area contributed by atoms with E-state index in [9.17, 15) is 4.79 Å². The highest BCUT2D eigenvalue weighted by atomic mass is 16.5. The number of H-pyrrole nitrogens is 1. The average Bonchev–Trinajstić information content (AvgIpc) is 3.23. The zero-order valence-corrected chi connectivity index (χ0v) is 13.5. The number of benzene rings is 1. The fraction of sp³-hybridized carbons (Fsp3) is 0.333. The summed E-state index contributed by atoms with van der Waals surface area (Å²) in [5, 5.41) is 8.38. The summed E-state index contributed by atoms with van der Waals surface area (Å²) in [5.74, 6) is -0.0671. The molecule has 0 spiro atoms. The van der Waals surface area contributed by atoms with Crippen LogP contribution in [0, 0.1) is 0 Å². The van der Waals surface area contributed by atoms with Gasteiger partial charge in [0.1, 0.15) is 6.10 Å². The monoisotopic (exact) mass is 324 g/mol. The van der Waals surface area contributed by atoms with E-state index in [1.807, 2.05) is 43.7 Å². The molecular formula is C18H20N4O2. The Morgan fingerprint density at radius 1 is 1.42 bits per heavy atom. The van der Waals surface area contributed by atoms with Gasteiger partial charge in [-0.25, -0.2) is 0 Å². The molecule has 1 aliphatic heterocycles. The molecule has 0 bridgehead atoms. The number of hydrogen-bond acceptors (Lipinski definition) is 3. The standard InChI is InChI=1S/C18H20N4O2/c1-22-11-14(10-20-22)17-16(3-2-8-24-17)21-18(23)13-4-5-15-12(9-13)6-7-19-15/h4-7,9-11,16-17,19H,2-3,8H2,1H3,(H,21,23)/t16-,17+/m0/s1. The van der Waals surface area contributed by atoms with Crippen molar-refractivity contribution in [2.75, 3.05) is 6.61 Å². The predicted molar refractivity (Wildman–Crippen MR) is 90.7 cm³/mol. The molecule has 124 valence electrons. The Balaban J connectivity index is 1.54. The third kappa shape index (κ3) is 2.80. The van der Waals surface area contributed by atoms with Crippen LogP contribution >= 0.6 is 0 Å². The molecule has 0 radical (unpaired) electrons. The molecule has 6 nitrogen and oxygen atoms in total. The minimum atomic E-state index is -0.146. The maximum absolute atomic E-state index is 12.7. The highest BCUT2D eigenvalue weighted by Gasteiger charge is 2.30. The first-order chi connectivity index (χ1) is 11.7. The van der Waals surface area contributed by atoms with E-state index < -0.39 is 0 Å². The smallest absolute Gasteiger partial charge is 0.251 e. The number of amides is 1. The minimum absolute atomic E-state index is 0.0441. The van der Waals surface area contributed by atoms with Gasteiger partial charge in [0.2, 0.25) is 0 Å². The second kappa shape index (κ2) is 6.13. The van der Waals surface area contributed by atoms with Crippen LogP contribution in [0.5, 0.6) is 0 Å². The van der Waals surface area contributed by atoms with Crippen LogP contribution in [0.25, 0.3) is 10.9 Å². The topological polar surface area (TPSA) is 71.9 Å². The van der Waals surface area contributed by atoms with Crippen molar-refractivity contribution in [1.82, 2.24) is 20.1 Å². The Labute approximate surface area is 139 Å². The summed E-state index contributed by atoms with van der Waals surface area (Å²) in [7, 11) is 1.88. The molecule has 1 saturated heterocycles. The lowest BCUT2D eigenvalue weighted by Gasteiger charge is -2.31. The van der Waals surface area contributed by atoms with Gasteiger partial charge in [-0.05, 0) is 37.1 Å². The van der Waals surface area contributed by atoms with Gasteiger partial charge in [-0.2, -0.15) is 5.10 Å². The summed E-state index contributed by atoms with van der Waals surface area (Å²) in [6.45, 7) is 0.710. The van der Waals surface area contributed by atoms with Crippen LogP contribution in [0.2, 0.25) is 0 Å². The Morgan fingerprint density at radius 3 is 3.17 bits per heavy atom. The highest BCUT2D eigenvalue weighted by molar-refractivity contribution is 5.98. The molecule has 4 rings (SSSR count). The van der Waals surface area contributed by atoms with E-state index in [2.05, 4.69) is 15.4 Å². The third-order valence-corrected chi connectivity index (χ3v) is 4.51. The van der Waals surface area contributed by atoms with Crippen LogP contribution in [0.15, 0.2) is 42.9 Å². The zero-order valence-electron chi connectivity index (χ0n) is 13.5. The zero-order chi connectivity index (χ0) is 16.5. The van der Waals surface area contributed by atoms with Crippen LogP contribution < -0.4 is 5.32 Å². The fourth-order valence-electron chi connectivity index (χ4n) is 3.29. The molecule has 24 heavy (non-hydrogen) atoms. The third-order valence-electron chi connectivity index (χ3n) is 4.51. The highest BCUT2D eigenvalue weighted by Crippen LogP contribution is 2.28. The van der Waals surface area contributed by atoms with Gasteiger partial charge in [0.05, 0.1) is 12.2 Å². The van der Waals surface area contributed by atoms with Crippen molar-refractivity contribution in [2.45, 2.75) is 25.0 Å². The number of hydrogen-bond donors (Lipinski definition) is 2. The van der Waals surface area contributed by atoms with Crippen molar-refractivity contribution >= 4 is 16.8 Å². The average molecular weight is 324 g/mol. The molecule has 1 amide bonds. The Morgan fingerprint density at radius 2 is 2.33 bits per heavy atom. The molecule has 1 aliphatic rings. The van der Waals surface area contributed by atoms with E-state index >= 15 is 0 Å². The van der Waals surface area contributed by atoms with Gasteiger partial charge in [-0.15, -0.1) is 0 Å². The second-order valence-corrected chi connectivity index (χ2v) is 6.24. The molecule has 2 N–H and O–H groups in total. The molecule has 1 fully saturated rings. The number of carbonyl (C=O) groups is 1. The van der Waals surface area contributed by atoms with E-state index in [1.165, 1.54) is 0 Å². The number of carbonyl (C=O) groups excluding carboxylic acids is 1. The maximum atomic E-state index is 12.7. The largest absolute Gasteiger partial charge is 0.371 e. The SMILES string of the molecule is Cn1cc([C@H]2OCCC[C@@H]2NC(=O)c2ccc3[nH]ccc3c2)cn1. The number of aromatic amines is 1. The van der Waals surface area contributed by atoms with Crippen LogP contribution in [0.4, 0.5) is 0 Å². The Kier molecular flexibility index (Phi) is 3.82. The van der Waals surface area contributed by atoms with E-state index in [0.717, 1.165) is 29.3 Å². The van der Waals surface area contributed by atoms with Crippen molar-refractivity contribution in [3.8, 4) is 0 Å². The van der Waals surface area contributed by atoms with Gasteiger partial charge in [-0.1, -0.05) is 0 Å². The number of nitrogens with zero attached hydrogens (tertiary/aromatic N) is 2. The van der Waals surface area contributed by atoms with Crippen LogP contribution in [-0.2, 0) is 11.8 Å². The quantitative estimate of drug-likeness (QED) is 0.778. The molecular weight excluding hydrogens is 304 g/mol. The minimum Gasteiger partial charge on any atom is -0.371 e. The molecule has 6 heteroatoms. The summed E-state index contributed by atoms with van der Waals surface area (Å²) in [6.07, 6.45) is 7.32. The Bertz CT molecular complexity index is 867.